The minimum atomic E-state index is -0.529. The van der Waals surface area contributed by atoms with Gasteiger partial charge in [0.15, 0.2) is 10.9 Å². The first-order valence-corrected chi connectivity index (χ1v) is 8.86. The summed E-state index contributed by atoms with van der Waals surface area (Å²) < 4.78 is 10.9. The van der Waals surface area contributed by atoms with E-state index >= 15 is 0 Å². The lowest BCUT2D eigenvalue weighted by molar-refractivity contribution is -0.129. The second-order valence-corrected chi connectivity index (χ2v) is 6.60. The topological polar surface area (TPSA) is 60.8 Å². The number of aromatic nitrogens is 1. The molecule has 0 saturated heterocycles. The molecule has 0 fully saturated rings. The third-order valence-corrected chi connectivity index (χ3v) is 4.73. The van der Waals surface area contributed by atoms with Crippen molar-refractivity contribution < 1.29 is 14.3 Å². The van der Waals surface area contributed by atoms with Gasteiger partial charge >= 0.3 is 5.97 Å². The third kappa shape index (κ3) is 3.51. The van der Waals surface area contributed by atoms with Gasteiger partial charge in [0.25, 0.3) is 5.19 Å². The Hall–Kier alpha value is -2.96. The van der Waals surface area contributed by atoms with Crippen LogP contribution in [-0.2, 0) is 9.53 Å². The molecule has 1 aliphatic rings. The molecule has 0 aliphatic carbocycles. The van der Waals surface area contributed by atoms with Crippen molar-refractivity contribution in [3.8, 4) is 10.9 Å². The number of esters is 1. The van der Waals surface area contributed by atoms with Crippen LogP contribution >= 0.6 is 22.9 Å². The van der Waals surface area contributed by atoms with Crippen LogP contribution < -0.4 is 4.74 Å². The van der Waals surface area contributed by atoms with Crippen molar-refractivity contribution in [3.63, 3.8) is 0 Å². The van der Waals surface area contributed by atoms with Crippen molar-refractivity contribution in [2.45, 2.75) is 0 Å². The molecule has 4 rings (SSSR count). The van der Waals surface area contributed by atoms with Crippen LogP contribution in [0.3, 0.4) is 0 Å². The third-order valence-electron chi connectivity index (χ3n) is 3.45. The number of benzene rings is 2. The van der Waals surface area contributed by atoms with Crippen molar-refractivity contribution in [1.82, 2.24) is 4.98 Å². The first kappa shape index (κ1) is 16.5. The number of nitrogens with zero attached hydrogens (tertiary/aromatic N) is 2. The Balaban J connectivity index is 1.60. The van der Waals surface area contributed by atoms with Crippen molar-refractivity contribution in [2.75, 3.05) is 0 Å². The number of aliphatic imine (C=N–C) groups is 1. The molecule has 0 N–H and O–H groups in total. The molecule has 1 aromatic heterocycles. The zero-order chi connectivity index (χ0) is 17.9. The summed E-state index contributed by atoms with van der Waals surface area (Å²) in [5, 5.41) is 0.622. The average molecular weight is 383 g/mol. The van der Waals surface area contributed by atoms with E-state index in [2.05, 4.69) is 9.98 Å². The molecule has 0 atom stereocenters. The van der Waals surface area contributed by atoms with E-state index in [1.807, 2.05) is 60.7 Å². The van der Waals surface area contributed by atoms with Gasteiger partial charge in [0.2, 0.25) is 5.90 Å². The molecule has 0 radical (unpaired) electrons. The number of ether oxygens (including phenoxy) is 2. The first-order valence-electron chi connectivity index (χ1n) is 7.66. The van der Waals surface area contributed by atoms with Crippen molar-refractivity contribution in [2.24, 2.45) is 4.99 Å². The second-order valence-electron chi connectivity index (χ2n) is 5.25. The molecule has 0 spiro atoms. The Morgan fingerprint density at radius 1 is 1.04 bits per heavy atom. The normalized spacial score (nSPS) is 15.0. The first-order chi connectivity index (χ1) is 12.7. The van der Waals surface area contributed by atoms with Crippen LogP contribution in [-0.4, -0.2) is 16.9 Å². The highest BCUT2D eigenvalue weighted by molar-refractivity contribution is 7.14. The monoisotopic (exact) mass is 382 g/mol. The van der Waals surface area contributed by atoms with Gasteiger partial charge in [-0.1, -0.05) is 59.3 Å². The molecule has 1 aliphatic heterocycles. The lowest BCUT2D eigenvalue weighted by Crippen LogP contribution is -2.04. The second kappa shape index (κ2) is 7.11. The molecule has 5 nitrogen and oxygen atoms in total. The minimum Gasteiger partial charge on any atom is -0.431 e. The Kier molecular flexibility index (Phi) is 4.51. The predicted octanol–water partition coefficient (Wildman–Crippen LogP) is 4.93. The predicted molar refractivity (Wildman–Crippen MR) is 101 cm³/mol. The van der Waals surface area contributed by atoms with Gasteiger partial charge in [-0.05, 0) is 30.3 Å². The molecule has 0 saturated carbocycles. The summed E-state index contributed by atoms with van der Waals surface area (Å²) in [6.07, 6.45) is 1.55. The van der Waals surface area contributed by atoms with Gasteiger partial charge < -0.3 is 9.47 Å². The number of para-hydroxylation sites is 1. The Labute approximate surface area is 158 Å². The van der Waals surface area contributed by atoms with Crippen molar-refractivity contribution in [1.29, 1.82) is 0 Å². The standard InChI is InChI=1S/C19H11ClN2O3S/c20-16-15(26-19(22-16)24-13-9-5-2-6-10-13)11-14-18(23)25-17(21-14)12-7-3-1-4-8-12/h1-11H. The zero-order valence-corrected chi connectivity index (χ0v) is 14.8. The summed E-state index contributed by atoms with van der Waals surface area (Å²) in [4.78, 5) is 21.1. The van der Waals surface area contributed by atoms with E-state index in [9.17, 15) is 4.79 Å². The fourth-order valence-electron chi connectivity index (χ4n) is 2.25. The highest BCUT2D eigenvalue weighted by Gasteiger charge is 2.25. The van der Waals surface area contributed by atoms with Crippen LogP contribution in [0.5, 0.6) is 10.9 Å². The highest BCUT2D eigenvalue weighted by atomic mass is 35.5. The maximum Gasteiger partial charge on any atom is 0.363 e. The average Bonchev–Trinajstić information content (AvgIpc) is 3.19. The van der Waals surface area contributed by atoms with Crippen molar-refractivity contribution in [3.05, 3.63) is 82.0 Å². The SMILES string of the molecule is O=C1OC(c2ccccc2)=NC1=Cc1sc(Oc2ccccc2)nc1Cl. The number of rotatable bonds is 4. The molecule has 3 aromatic rings. The van der Waals surface area contributed by atoms with Crippen LogP contribution in [0.2, 0.25) is 5.15 Å². The molecule has 0 bridgehead atoms. The Bertz CT molecular complexity index is 1010. The van der Waals surface area contributed by atoms with E-state index in [0.29, 0.717) is 15.8 Å². The van der Waals surface area contributed by atoms with Crippen LogP contribution in [0.1, 0.15) is 10.4 Å². The van der Waals surface area contributed by atoms with Crippen LogP contribution in [0.15, 0.2) is 71.4 Å². The molecular formula is C19H11ClN2O3S. The van der Waals surface area contributed by atoms with E-state index in [1.54, 1.807) is 6.08 Å². The van der Waals surface area contributed by atoms with Crippen LogP contribution in [0.25, 0.3) is 6.08 Å². The quantitative estimate of drug-likeness (QED) is 0.474. The fourth-order valence-corrected chi connectivity index (χ4v) is 3.31. The summed E-state index contributed by atoms with van der Waals surface area (Å²) in [7, 11) is 0. The minimum absolute atomic E-state index is 0.167. The molecule has 7 heteroatoms. The van der Waals surface area contributed by atoms with E-state index in [-0.39, 0.29) is 16.7 Å². The Morgan fingerprint density at radius 3 is 2.46 bits per heavy atom. The Morgan fingerprint density at radius 2 is 1.73 bits per heavy atom. The van der Waals surface area contributed by atoms with Gasteiger partial charge in [0.05, 0.1) is 4.88 Å². The maximum absolute atomic E-state index is 12.1. The number of hydrogen-bond acceptors (Lipinski definition) is 6. The molecular weight excluding hydrogens is 372 g/mol. The zero-order valence-electron chi connectivity index (χ0n) is 13.3. The summed E-state index contributed by atoms with van der Waals surface area (Å²) in [6, 6.07) is 18.5. The number of carbonyl (C=O) groups excluding carboxylic acids is 1. The summed E-state index contributed by atoms with van der Waals surface area (Å²) >= 11 is 7.39. The van der Waals surface area contributed by atoms with Gasteiger partial charge in [-0.2, -0.15) is 4.98 Å². The highest BCUT2D eigenvalue weighted by Crippen LogP contribution is 2.34. The van der Waals surface area contributed by atoms with E-state index in [4.69, 9.17) is 21.1 Å². The van der Waals surface area contributed by atoms with Gasteiger partial charge in [-0.3, -0.25) is 0 Å². The van der Waals surface area contributed by atoms with Gasteiger partial charge in [0.1, 0.15) is 5.75 Å². The van der Waals surface area contributed by atoms with E-state index in [1.165, 1.54) is 11.3 Å². The van der Waals surface area contributed by atoms with E-state index < -0.39 is 5.97 Å². The smallest absolute Gasteiger partial charge is 0.363 e. The lowest BCUT2D eigenvalue weighted by atomic mass is 10.2. The van der Waals surface area contributed by atoms with Crippen molar-refractivity contribution >= 4 is 40.9 Å². The maximum atomic E-state index is 12.1. The fraction of sp³-hybridized carbons (Fsp3) is 0. The number of halogens is 1. The van der Waals surface area contributed by atoms with E-state index in [0.717, 1.165) is 5.56 Å². The van der Waals surface area contributed by atoms with Crippen LogP contribution in [0, 0.1) is 0 Å². The number of carbonyl (C=O) groups is 1. The molecule has 26 heavy (non-hydrogen) atoms. The van der Waals surface area contributed by atoms with Gasteiger partial charge in [-0.15, -0.1) is 0 Å². The lowest BCUT2D eigenvalue weighted by Gasteiger charge is -1.98. The molecule has 128 valence electrons. The molecule has 0 amide bonds. The summed E-state index contributed by atoms with van der Waals surface area (Å²) in [5.41, 5.74) is 0.897. The molecule has 2 heterocycles. The molecule has 0 unspecified atom stereocenters. The number of hydrogen-bond donors (Lipinski definition) is 0. The van der Waals surface area contributed by atoms with Gasteiger partial charge in [-0.25, -0.2) is 9.79 Å². The van der Waals surface area contributed by atoms with Gasteiger partial charge in [0, 0.05) is 5.56 Å². The number of cyclic esters (lactones) is 1. The summed E-state index contributed by atoms with van der Waals surface area (Å²) in [6.45, 7) is 0. The largest absolute Gasteiger partial charge is 0.431 e. The summed E-state index contributed by atoms with van der Waals surface area (Å²) in [5.74, 6) is 0.392. The van der Waals surface area contributed by atoms with Crippen LogP contribution in [0.4, 0.5) is 0 Å². The number of thiazole rings is 1. The molecule has 2 aromatic carbocycles.